The van der Waals surface area contributed by atoms with Crippen LogP contribution in [-0.4, -0.2) is 47.0 Å². The number of nitrogens with zero attached hydrogens (tertiary/aromatic N) is 4. The fourth-order valence-electron chi connectivity index (χ4n) is 3.84. The maximum Gasteiger partial charge on any atom is 0.228 e. The molecule has 0 atom stereocenters. The van der Waals surface area contributed by atoms with E-state index in [9.17, 15) is 9.18 Å². The smallest absolute Gasteiger partial charge is 0.228 e. The quantitative estimate of drug-likeness (QED) is 0.705. The molecular weight excluding hydrogens is 381 g/mol. The molecule has 7 heteroatoms. The molecule has 1 aromatic heterocycles. The number of hydrogen-bond donors (Lipinski definition) is 1. The number of carbonyl (C=O) groups is 1. The lowest BCUT2D eigenvalue weighted by atomic mass is 10.2. The fraction of sp³-hybridized carbons (Fsp3) is 0.348. The molecule has 3 aromatic rings. The number of nitrogens with one attached hydrogen (secondary N) is 1. The molecule has 0 radical (unpaired) electrons. The minimum atomic E-state index is -0.243. The van der Waals surface area contributed by atoms with Crippen LogP contribution in [0.3, 0.4) is 0 Å². The fourth-order valence-corrected chi connectivity index (χ4v) is 3.84. The van der Waals surface area contributed by atoms with Gasteiger partial charge in [-0.3, -0.25) is 4.79 Å². The molecule has 1 aliphatic heterocycles. The highest BCUT2D eigenvalue weighted by Crippen LogP contribution is 2.31. The van der Waals surface area contributed by atoms with E-state index in [-0.39, 0.29) is 11.7 Å². The zero-order valence-electron chi connectivity index (χ0n) is 16.7. The summed E-state index contributed by atoms with van der Waals surface area (Å²) in [5, 5.41) is 4.34. The second-order valence-corrected chi connectivity index (χ2v) is 7.96. The van der Waals surface area contributed by atoms with Crippen LogP contribution in [-0.2, 0) is 11.3 Å². The topological polar surface area (TPSA) is 61.4 Å². The van der Waals surface area contributed by atoms with Crippen molar-refractivity contribution >= 4 is 28.6 Å². The molecule has 1 N–H and O–H groups in total. The van der Waals surface area contributed by atoms with Crippen molar-refractivity contribution in [3.63, 3.8) is 0 Å². The summed E-state index contributed by atoms with van der Waals surface area (Å²) in [6.45, 7) is 3.43. The number of fused-ring (bicyclic) bond motifs is 1. The number of para-hydroxylation sites is 1. The molecule has 2 heterocycles. The van der Waals surface area contributed by atoms with E-state index in [0.717, 1.165) is 48.2 Å². The molecule has 0 spiro atoms. The van der Waals surface area contributed by atoms with Crippen LogP contribution in [0.4, 0.5) is 16.2 Å². The van der Waals surface area contributed by atoms with E-state index in [1.54, 1.807) is 12.1 Å². The Labute approximate surface area is 174 Å². The predicted octanol–water partition coefficient (Wildman–Crippen LogP) is 3.44. The van der Waals surface area contributed by atoms with Gasteiger partial charge >= 0.3 is 0 Å². The molecule has 1 saturated carbocycles. The van der Waals surface area contributed by atoms with Gasteiger partial charge in [-0.2, -0.15) is 4.98 Å². The molecule has 1 aliphatic carbocycles. The molecule has 1 amide bonds. The second-order valence-electron chi connectivity index (χ2n) is 7.96. The van der Waals surface area contributed by atoms with E-state index in [2.05, 4.69) is 10.2 Å². The van der Waals surface area contributed by atoms with Gasteiger partial charge in [0.1, 0.15) is 11.6 Å². The first-order valence-electron chi connectivity index (χ1n) is 10.5. The van der Waals surface area contributed by atoms with Crippen LogP contribution in [0.15, 0.2) is 48.5 Å². The number of amides is 1. The van der Waals surface area contributed by atoms with Crippen molar-refractivity contribution in [1.29, 1.82) is 0 Å². The molecule has 1 saturated heterocycles. The van der Waals surface area contributed by atoms with Crippen LogP contribution in [0.5, 0.6) is 0 Å². The van der Waals surface area contributed by atoms with Gasteiger partial charge in [-0.05, 0) is 42.7 Å². The maximum atomic E-state index is 13.2. The Bertz CT molecular complexity index is 1060. The van der Waals surface area contributed by atoms with Crippen molar-refractivity contribution in [3.8, 4) is 0 Å². The summed E-state index contributed by atoms with van der Waals surface area (Å²) >= 11 is 0. The van der Waals surface area contributed by atoms with Crippen molar-refractivity contribution < 1.29 is 9.18 Å². The molecule has 2 aliphatic rings. The summed E-state index contributed by atoms with van der Waals surface area (Å²) in [4.78, 5) is 26.0. The summed E-state index contributed by atoms with van der Waals surface area (Å²) in [7, 11) is 0. The monoisotopic (exact) mass is 405 g/mol. The molecule has 154 valence electrons. The highest BCUT2D eigenvalue weighted by Gasteiger charge is 2.34. The van der Waals surface area contributed by atoms with Crippen molar-refractivity contribution in [1.82, 2.24) is 14.9 Å². The normalized spacial score (nSPS) is 16.7. The Hall–Kier alpha value is -3.22. The van der Waals surface area contributed by atoms with Crippen LogP contribution in [0.25, 0.3) is 10.9 Å². The predicted molar refractivity (Wildman–Crippen MR) is 115 cm³/mol. The zero-order valence-corrected chi connectivity index (χ0v) is 16.7. The summed E-state index contributed by atoms with van der Waals surface area (Å²) in [6.07, 6.45) is 2.08. The summed E-state index contributed by atoms with van der Waals surface area (Å²) in [5.74, 6) is 1.75. The number of halogens is 1. The Morgan fingerprint density at radius 2 is 1.73 bits per heavy atom. The number of rotatable bonds is 5. The average molecular weight is 405 g/mol. The third-order valence-corrected chi connectivity index (χ3v) is 5.77. The number of piperazine rings is 1. The molecule has 5 rings (SSSR count). The third-order valence-electron chi connectivity index (χ3n) is 5.77. The van der Waals surface area contributed by atoms with E-state index in [1.807, 2.05) is 29.2 Å². The number of hydrogen-bond acceptors (Lipinski definition) is 5. The summed E-state index contributed by atoms with van der Waals surface area (Å²) < 4.78 is 13.2. The van der Waals surface area contributed by atoms with E-state index < -0.39 is 0 Å². The molecule has 2 fully saturated rings. The lowest BCUT2D eigenvalue weighted by molar-refractivity contribution is -0.132. The molecule has 0 bridgehead atoms. The Balaban J connectivity index is 1.35. The number of aromatic nitrogens is 2. The van der Waals surface area contributed by atoms with E-state index in [4.69, 9.17) is 9.97 Å². The van der Waals surface area contributed by atoms with Gasteiger partial charge in [-0.25, -0.2) is 9.37 Å². The van der Waals surface area contributed by atoms with Gasteiger partial charge in [0.2, 0.25) is 11.9 Å². The van der Waals surface area contributed by atoms with Crippen LogP contribution >= 0.6 is 0 Å². The highest BCUT2D eigenvalue weighted by atomic mass is 19.1. The average Bonchev–Trinajstić information content (AvgIpc) is 3.63. The van der Waals surface area contributed by atoms with Gasteiger partial charge in [-0.15, -0.1) is 0 Å². The Morgan fingerprint density at radius 3 is 2.47 bits per heavy atom. The lowest BCUT2D eigenvalue weighted by Crippen LogP contribution is -2.49. The third kappa shape index (κ3) is 3.92. The molecule has 30 heavy (non-hydrogen) atoms. The van der Waals surface area contributed by atoms with Crippen LogP contribution in [0, 0.1) is 11.7 Å². The number of anilines is 2. The molecular formula is C23H24FN5O. The van der Waals surface area contributed by atoms with Gasteiger partial charge in [0.05, 0.1) is 5.52 Å². The van der Waals surface area contributed by atoms with Gasteiger partial charge in [0, 0.05) is 44.0 Å². The largest absolute Gasteiger partial charge is 0.365 e. The summed E-state index contributed by atoms with van der Waals surface area (Å²) in [5.41, 5.74) is 1.86. The van der Waals surface area contributed by atoms with E-state index in [0.29, 0.717) is 31.5 Å². The minimum Gasteiger partial charge on any atom is -0.365 e. The van der Waals surface area contributed by atoms with Crippen molar-refractivity contribution in [2.45, 2.75) is 19.4 Å². The van der Waals surface area contributed by atoms with Crippen LogP contribution < -0.4 is 10.2 Å². The Kier molecular flexibility index (Phi) is 4.94. The molecule has 2 aromatic carbocycles. The molecule has 0 unspecified atom stereocenters. The van der Waals surface area contributed by atoms with Gasteiger partial charge in [0.25, 0.3) is 0 Å². The van der Waals surface area contributed by atoms with Crippen molar-refractivity contribution in [3.05, 3.63) is 59.9 Å². The van der Waals surface area contributed by atoms with E-state index in [1.165, 1.54) is 12.1 Å². The maximum absolute atomic E-state index is 13.2. The van der Waals surface area contributed by atoms with Gasteiger partial charge in [0.15, 0.2) is 0 Å². The number of carbonyl (C=O) groups excluding carboxylic acids is 1. The second kappa shape index (κ2) is 7.89. The first kappa shape index (κ1) is 18.8. The van der Waals surface area contributed by atoms with Crippen molar-refractivity contribution in [2.75, 3.05) is 36.4 Å². The molecule has 6 nitrogen and oxygen atoms in total. The van der Waals surface area contributed by atoms with Gasteiger partial charge in [-0.1, -0.05) is 24.3 Å². The SMILES string of the molecule is O=C(C1CC1)N1CCN(c2nc(NCc3ccc(F)cc3)c3ccccc3n2)CC1. The standard InChI is InChI=1S/C23H24FN5O/c24-18-9-5-16(6-10-18)15-25-21-19-3-1-2-4-20(19)26-23(27-21)29-13-11-28(12-14-29)22(30)17-7-8-17/h1-6,9-10,17H,7-8,11-15H2,(H,25,26,27). The highest BCUT2D eigenvalue weighted by molar-refractivity contribution is 5.90. The zero-order chi connectivity index (χ0) is 20.5. The first-order chi connectivity index (χ1) is 14.7. The number of benzene rings is 2. The Morgan fingerprint density at radius 1 is 1.00 bits per heavy atom. The first-order valence-corrected chi connectivity index (χ1v) is 10.5. The van der Waals surface area contributed by atoms with Crippen LogP contribution in [0.2, 0.25) is 0 Å². The lowest BCUT2D eigenvalue weighted by Gasteiger charge is -2.35. The van der Waals surface area contributed by atoms with E-state index >= 15 is 0 Å². The minimum absolute atomic E-state index is 0.243. The van der Waals surface area contributed by atoms with Gasteiger partial charge < -0.3 is 15.1 Å². The summed E-state index contributed by atoms with van der Waals surface area (Å²) in [6, 6.07) is 14.4. The van der Waals surface area contributed by atoms with Crippen LogP contribution in [0.1, 0.15) is 18.4 Å². The van der Waals surface area contributed by atoms with Crippen molar-refractivity contribution in [2.24, 2.45) is 5.92 Å².